The summed E-state index contributed by atoms with van der Waals surface area (Å²) >= 11 is 7.18. The molecular weight excluding hydrogens is 376 g/mol. The van der Waals surface area contributed by atoms with Gasteiger partial charge in [-0.05, 0) is 62.4 Å². The quantitative estimate of drug-likeness (QED) is 0.587. The maximum absolute atomic E-state index is 12.1. The van der Waals surface area contributed by atoms with Gasteiger partial charge in [-0.1, -0.05) is 30.3 Å². The third kappa shape index (κ3) is 4.68. The van der Waals surface area contributed by atoms with Gasteiger partial charge in [0.2, 0.25) is 0 Å². The molecule has 0 aliphatic carbocycles. The predicted molar refractivity (Wildman–Crippen MR) is 116 cm³/mol. The number of carbonyl (C=O) groups excluding carboxylic acids is 1. The highest BCUT2D eigenvalue weighted by Gasteiger charge is 2.24. The fraction of sp³-hybridized carbons (Fsp3) is 0.429. The zero-order valence-corrected chi connectivity index (χ0v) is 17.7. The summed E-state index contributed by atoms with van der Waals surface area (Å²) in [6.45, 7) is 5.84. The Labute approximate surface area is 170 Å². The number of benzene rings is 1. The van der Waals surface area contributed by atoms with Crippen LogP contribution in [0, 0.1) is 19.8 Å². The number of hydrogen-bond acceptors (Lipinski definition) is 4. The highest BCUT2D eigenvalue weighted by atomic mass is 32.1. The Morgan fingerprint density at radius 2 is 1.93 bits per heavy atom. The zero-order chi connectivity index (χ0) is 19.4. The zero-order valence-electron chi connectivity index (χ0n) is 16.1. The average Bonchev–Trinajstić information content (AvgIpc) is 2.96. The molecule has 1 aromatic carbocycles. The first kappa shape index (κ1) is 19.8. The van der Waals surface area contributed by atoms with Crippen LogP contribution >= 0.6 is 23.6 Å². The first-order chi connectivity index (χ1) is 13.0. The molecule has 0 bridgehead atoms. The Balaban J connectivity index is 1.59. The molecule has 0 saturated carbocycles. The highest BCUT2D eigenvalue weighted by Crippen LogP contribution is 2.33. The summed E-state index contributed by atoms with van der Waals surface area (Å²) in [4.78, 5) is 15.4. The van der Waals surface area contributed by atoms with Crippen LogP contribution in [-0.4, -0.2) is 36.2 Å². The Kier molecular flexibility index (Phi) is 6.50. The number of nitrogens with zero attached hydrogens (tertiary/aromatic N) is 1. The molecule has 27 heavy (non-hydrogen) atoms. The van der Waals surface area contributed by atoms with Crippen LogP contribution in [-0.2, 0) is 11.2 Å². The lowest BCUT2D eigenvalue weighted by Crippen LogP contribution is -2.41. The number of carbonyl (C=O) groups is 1. The van der Waals surface area contributed by atoms with Gasteiger partial charge in [-0.2, -0.15) is 0 Å². The van der Waals surface area contributed by atoms with E-state index in [-0.39, 0.29) is 5.97 Å². The third-order valence-corrected chi connectivity index (χ3v) is 6.75. The molecule has 0 radical (unpaired) electrons. The van der Waals surface area contributed by atoms with E-state index in [1.807, 2.05) is 13.8 Å². The number of thiophene rings is 1. The van der Waals surface area contributed by atoms with Gasteiger partial charge in [-0.3, -0.25) is 0 Å². The van der Waals surface area contributed by atoms with Gasteiger partial charge >= 0.3 is 5.97 Å². The Hall–Kier alpha value is -1.92. The van der Waals surface area contributed by atoms with Crippen LogP contribution in [0.1, 0.15) is 39.2 Å². The molecule has 4 nitrogen and oxygen atoms in total. The van der Waals surface area contributed by atoms with Crippen LogP contribution in [0.3, 0.4) is 0 Å². The molecule has 2 heterocycles. The van der Waals surface area contributed by atoms with Crippen molar-refractivity contribution in [2.45, 2.75) is 33.1 Å². The van der Waals surface area contributed by atoms with Crippen LogP contribution in [0.5, 0.6) is 0 Å². The standard InChI is InChI=1S/C21H26N2O2S2/c1-14-15(2)27-19(18(14)20(24)25-3)22-21(26)23-11-9-17(10-12-23)13-16-7-5-4-6-8-16/h4-8,17H,9-13H2,1-3H3,(H,22,26). The second-order valence-electron chi connectivity index (χ2n) is 7.03. The number of anilines is 1. The van der Waals surface area contributed by atoms with Gasteiger partial charge in [0.15, 0.2) is 5.11 Å². The van der Waals surface area contributed by atoms with Gasteiger partial charge in [0.1, 0.15) is 5.00 Å². The molecule has 144 valence electrons. The second kappa shape index (κ2) is 8.85. The number of rotatable bonds is 4. The molecule has 0 atom stereocenters. The second-order valence-corrected chi connectivity index (χ2v) is 8.64. The van der Waals surface area contributed by atoms with Crippen LogP contribution in [0.15, 0.2) is 30.3 Å². The van der Waals surface area contributed by atoms with Gasteiger partial charge in [-0.25, -0.2) is 4.79 Å². The van der Waals surface area contributed by atoms with Crippen molar-refractivity contribution in [2.75, 3.05) is 25.5 Å². The lowest BCUT2D eigenvalue weighted by molar-refractivity contribution is 0.0601. The first-order valence-corrected chi connectivity index (χ1v) is 10.5. The molecule has 1 N–H and O–H groups in total. The molecule has 1 aliphatic rings. The van der Waals surface area contributed by atoms with Crippen LogP contribution in [0.25, 0.3) is 0 Å². The molecule has 6 heteroatoms. The number of methoxy groups -OCH3 is 1. The molecule has 1 saturated heterocycles. The molecule has 1 aromatic heterocycles. The molecular formula is C21H26N2O2S2. The molecule has 0 spiro atoms. The van der Waals surface area contributed by atoms with Crippen molar-refractivity contribution in [3.05, 3.63) is 51.9 Å². The van der Waals surface area contributed by atoms with Crippen molar-refractivity contribution < 1.29 is 9.53 Å². The molecule has 0 unspecified atom stereocenters. The van der Waals surface area contributed by atoms with Gasteiger partial charge in [0.25, 0.3) is 0 Å². The van der Waals surface area contributed by atoms with E-state index >= 15 is 0 Å². The van der Waals surface area contributed by atoms with Gasteiger partial charge < -0.3 is 15.0 Å². The third-order valence-electron chi connectivity index (χ3n) is 5.26. The summed E-state index contributed by atoms with van der Waals surface area (Å²) < 4.78 is 4.94. The fourth-order valence-electron chi connectivity index (χ4n) is 3.53. The van der Waals surface area contributed by atoms with Gasteiger partial charge in [-0.15, -0.1) is 11.3 Å². The van der Waals surface area contributed by atoms with Crippen molar-refractivity contribution in [3.8, 4) is 0 Å². The summed E-state index contributed by atoms with van der Waals surface area (Å²) in [6.07, 6.45) is 3.39. The minimum Gasteiger partial charge on any atom is -0.465 e. The van der Waals surface area contributed by atoms with Gasteiger partial charge in [0, 0.05) is 18.0 Å². The van der Waals surface area contributed by atoms with E-state index in [9.17, 15) is 4.79 Å². The van der Waals surface area contributed by atoms with E-state index in [0.29, 0.717) is 16.6 Å². The average molecular weight is 403 g/mol. The lowest BCUT2D eigenvalue weighted by Gasteiger charge is -2.33. The minimum atomic E-state index is -0.316. The summed E-state index contributed by atoms with van der Waals surface area (Å²) in [5, 5.41) is 4.78. The van der Waals surface area contributed by atoms with Crippen molar-refractivity contribution in [2.24, 2.45) is 5.92 Å². The fourth-order valence-corrected chi connectivity index (χ4v) is 4.92. The number of thiocarbonyl (C=S) groups is 1. The molecule has 2 aromatic rings. The van der Waals surface area contributed by atoms with Crippen molar-refractivity contribution in [3.63, 3.8) is 0 Å². The monoisotopic (exact) mass is 402 g/mol. The number of ether oxygens (including phenoxy) is 1. The summed E-state index contributed by atoms with van der Waals surface area (Å²) in [7, 11) is 1.41. The molecule has 1 fully saturated rings. The van der Waals surface area contributed by atoms with E-state index in [1.54, 1.807) is 11.3 Å². The van der Waals surface area contributed by atoms with E-state index < -0.39 is 0 Å². The van der Waals surface area contributed by atoms with Crippen molar-refractivity contribution in [1.29, 1.82) is 0 Å². The number of piperidine rings is 1. The van der Waals surface area contributed by atoms with Crippen LogP contribution in [0.4, 0.5) is 5.00 Å². The summed E-state index contributed by atoms with van der Waals surface area (Å²) in [5.74, 6) is 0.382. The highest BCUT2D eigenvalue weighted by molar-refractivity contribution is 7.80. The minimum absolute atomic E-state index is 0.316. The van der Waals surface area contributed by atoms with E-state index in [0.717, 1.165) is 47.8 Å². The summed E-state index contributed by atoms with van der Waals surface area (Å²) in [6, 6.07) is 10.7. The number of esters is 1. The number of nitrogens with one attached hydrogen (secondary N) is 1. The number of aryl methyl sites for hydroxylation is 1. The maximum Gasteiger partial charge on any atom is 0.341 e. The Morgan fingerprint density at radius 3 is 2.56 bits per heavy atom. The topological polar surface area (TPSA) is 41.6 Å². The van der Waals surface area contributed by atoms with E-state index in [4.69, 9.17) is 17.0 Å². The smallest absolute Gasteiger partial charge is 0.341 e. The predicted octanol–water partition coefficient (Wildman–Crippen LogP) is 4.80. The normalized spacial score (nSPS) is 14.9. The van der Waals surface area contributed by atoms with Crippen LogP contribution in [0.2, 0.25) is 0 Å². The molecule has 0 amide bonds. The molecule has 3 rings (SSSR count). The Bertz CT molecular complexity index is 809. The van der Waals surface area contributed by atoms with E-state index in [2.05, 4.69) is 40.5 Å². The largest absolute Gasteiger partial charge is 0.465 e. The van der Waals surface area contributed by atoms with Gasteiger partial charge in [0.05, 0.1) is 12.7 Å². The molecule has 1 aliphatic heterocycles. The number of likely N-dealkylation sites (tertiary alicyclic amines) is 1. The first-order valence-electron chi connectivity index (χ1n) is 9.27. The van der Waals surface area contributed by atoms with Crippen molar-refractivity contribution in [1.82, 2.24) is 4.90 Å². The van der Waals surface area contributed by atoms with Crippen LogP contribution < -0.4 is 5.32 Å². The van der Waals surface area contributed by atoms with E-state index in [1.165, 1.54) is 12.7 Å². The maximum atomic E-state index is 12.1. The number of hydrogen-bond donors (Lipinski definition) is 1. The Morgan fingerprint density at radius 1 is 1.26 bits per heavy atom. The van der Waals surface area contributed by atoms with Crippen molar-refractivity contribution >= 4 is 39.6 Å². The summed E-state index contributed by atoms with van der Waals surface area (Å²) in [5.41, 5.74) is 2.96. The lowest BCUT2D eigenvalue weighted by atomic mass is 9.90. The SMILES string of the molecule is COC(=O)c1c(NC(=S)N2CCC(Cc3ccccc3)CC2)sc(C)c1C.